The summed E-state index contributed by atoms with van der Waals surface area (Å²) in [5.41, 5.74) is 3.75. The third kappa shape index (κ3) is 5.18. The first kappa shape index (κ1) is 20.8. The maximum absolute atomic E-state index is 13.1. The van der Waals surface area contributed by atoms with Crippen molar-refractivity contribution in [2.75, 3.05) is 63.8 Å². The molecule has 0 N–H and O–H groups in total. The van der Waals surface area contributed by atoms with Gasteiger partial charge in [0.2, 0.25) is 5.91 Å². The Balaban J connectivity index is 1.20. The molecule has 2 aromatic rings. The minimum atomic E-state index is -0.206. The zero-order chi connectivity index (χ0) is 20.9. The normalized spacial score (nSPS) is 18.6. The maximum atomic E-state index is 13.1. The minimum absolute atomic E-state index is 0.206. The Morgan fingerprint density at radius 3 is 2.13 bits per heavy atom. The van der Waals surface area contributed by atoms with Crippen LogP contribution in [-0.2, 0) is 11.3 Å². The highest BCUT2D eigenvalue weighted by Crippen LogP contribution is 2.17. The minimum Gasteiger partial charge on any atom is -0.369 e. The Bertz CT molecular complexity index is 841. The number of aryl methyl sites for hydroxylation is 1. The number of benzene rings is 2. The Hall–Kier alpha value is -2.44. The third-order valence-corrected chi connectivity index (χ3v) is 6.30. The lowest BCUT2D eigenvalue weighted by Gasteiger charge is -2.38. The van der Waals surface area contributed by atoms with E-state index in [-0.39, 0.29) is 11.7 Å². The van der Waals surface area contributed by atoms with E-state index in [2.05, 4.69) is 45.9 Å². The van der Waals surface area contributed by atoms with Crippen LogP contribution < -0.4 is 4.90 Å². The molecule has 2 saturated heterocycles. The monoisotopic (exact) mass is 410 g/mol. The molecule has 2 aliphatic rings. The molecule has 2 aromatic carbocycles. The molecule has 1 amide bonds. The van der Waals surface area contributed by atoms with Gasteiger partial charge in [-0.2, -0.15) is 0 Å². The second-order valence-corrected chi connectivity index (χ2v) is 8.32. The van der Waals surface area contributed by atoms with E-state index in [0.29, 0.717) is 6.54 Å². The van der Waals surface area contributed by atoms with E-state index in [9.17, 15) is 9.18 Å². The summed E-state index contributed by atoms with van der Waals surface area (Å²) in [5, 5.41) is 0. The molecule has 160 valence electrons. The van der Waals surface area contributed by atoms with Gasteiger partial charge in [-0.25, -0.2) is 4.39 Å². The first-order valence-electron chi connectivity index (χ1n) is 10.9. The highest BCUT2D eigenvalue weighted by molar-refractivity contribution is 5.78. The fourth-order valence-corrected chi connectivity index (χ4v) is 4.29. The third-order valence-electron chi connectivity index (χ3n) is 6.30. The van der Waals surface area contributed by atoms with Gasteiger partial charge in [0.25, 0.3) is 0 Å². The summed E-state index contributed by atoms with van der Waals surface area (Å²) in [6.45, 7) is 10.5. The van der Waals surface area contributed by atoms with Gasteiger partial charge >= 0.3 is 0 Å². The lowest BCUT2D eigenvalue weighted by atomic mass is 10.1. The molecule has 2 fully saturated rings. The Morgan fingerprint density at radius 2 is 1.47 bits per heavy atom. The van der Waals surface area contributed by atoms with E-state index in [1.165, 1.54) is 23.3 Å². The van der Waals surface area contributed by atoms with Crippen LogP contribution in [0.3, 0.4) is 0 Å². The van der Waals surface area contributed by atoms with Crippen molar-refractivity contribution in [1.82, 2.24) is 14.7 Å². The first-order chi connectivity index (χ1) is 14.6. The van der Waals surface area contributed by atoms with Crippen molar-refractivity contribution in [2.45, 2.75) is 13.5 Å². The van der Waals surface area contributed by atoms with Crippen molar-refractivity contribution in [2.24, 2.45) is 0 Å². The molecule has 0 radical (unpaired) electrons. The van der Waals surface area contributed by atoms with Crippen LogP contribution in [0.2, 0.25) is 0 Å². The van der Waals surface area contributed by atoms with Gasteiger partial charge in [0.05, 0.1) is 6.54 Å². The lowest BCUT2D eigenvalue weighted by molar-refractivity contribution is -0.134. The molecular formula is C24H31FN4O. The molecule has 4 rings (SSSR count). The molecule has 0 bridgehead atoms. The van der Waals surface area contributed by atoms with Gasteiger partial charge in [-0.3, -0.25) is 14.6 Å². The van der Waals surface area contributed by atoms with E-state index in [1.807, 2.05) is 17.0 Å². The van der Waals surface area contributed by atoms with E-state index < -0.39 is 0 Å². The van der Waals surface area contributed by atoms with Gasteiger partial charge in [0.1, 0.15) is 5.82 Å². The van der Waals surface area contributed by atoms with Gasteiger partial charge in [0, 0.05) is 64.6 Å². The summed E-state index contributed by atoms with van der Waals surface area (Å²) in [4.78, 5) is 21.7. The number of carbonyl (C=O) groups excluding carboxylic acids is 1. The molecule has 0 atom stereocenters. The predicted octanol–water partition coefficient (Wildman–Crippen LogP) is 2.60. The van der Waals surface area contributed by atoms with Crippen molar-refractivity contribution in [3.8, 4) is 0 Å². The van der Waals surface area contributed by atoms with Crippen LogP contribution in [0.5, 0.6) is 0 Å². The molecule has 0 saturated carbocycles. The average molecular weight is 411 g/mol. The zero-order valence-corrected chi connectivity index (χ0v) is 17.8. The van der Waals surface area contributed by atoms with Gasteiger partial charge in [-0.15, -0.1) is 0 Å². The lowest BCUT2D eigenvalue weighted by Crippen LogP contribution is -2.53. The Kier molecular flexibility index (Phi) is 6.65. The van der Waals surface area contributed by atoms with Crippen LogP contribution in [0.25, 0.3) is 0 Å². The van der Waals surface area contributed by atoms with Crippen LogP contribution in [-0.4, -0.2) is 79.5 Å². The molecule has 30 heavy (non-hydrogen) atoms. The average Bonchev–Trinajstić information content (AvgIpc) is 2.77. The van der Waals surface area contributed by atoms with Crippen molar-refractivity contribution in [3.63, 3.8) is 0 Å². The summed E-state index contributed by atoms with van der Waals surface area (Å²) in [7, 11) is 0. The SMILES string of the molecule is Cc1ccccc1CN1CCN(C(=O)CN2CCN(c3ccc(F)cc3)CC2)CC1. The van der Waals surface area contributed by atoms with Crippen molar-refractivity contribution < 1.29 is 9.18 Å². The second-order valence-electron chi connectivity index (χ2n) is 8.32. The Morgan fingerprint density at radius 1 is 0.833 bits per heavy atom. The van der Waals surface area contributed by atoms with Gasteiger partial charge < -0.3 is 9.80 Å². The van der Waals surface area contributed by atoms with Crippen LogP contribution in [0.4, 0.5) is 10.1 Å². The standard InChI is InChI=1S/C24H31FN4O/c1-20-4-2-3-5-21(20)18-26-12-16-29(17-13-26)24(30)19-27-10-14-28(15-11-27)23-8-6-22(25)7-9-23/h2-9H,10-19H2,1H3. The molecule has 0 aliphatic carbocycles. The number of piperazine rings is 2. The number of rotatable bonds is 5. The quantitative estimate of drug-likeness (QED) is 0.758. The fraction of sp³-hybridized carbons (Fsp3) is 0.458. The summed E-state index contributed by atoms with van der Waals surface area (Å²) >= 11 is 0. The number of anilines is 1. The zero-order valence-electron chi connectivity index (χ0n) is 17.8. The highest BCUT2D eigenvalue weighted by atomic mass is 19.1. The van der Waals surface area contributed by atoms with Gasteiger partial charge in [-0.05, 0) is 42.3 Å². The summed E-state index contributed by atoms with van der Waals surface area (Å²) in [6.07, 6.45) is 0. The van der Waals surface area contributed by atoms with E-state index >= 15 is 0 Å². The molecule has 6 heteroatoms. The number of nitrogens with zero attached hydrogens (tertiary/aromatic N) is 4. The van der Waals surface area contributed by atoms with Gasteiger partial charge in [-0.1, -0.05) is 24.3 Å². The largest absolute Gasteiger partial charge is 0.369 e. The van der Waals surface area contributed by atoms with Crippen LogP contribution in [0, 0.1) is 12.7 Å². The number of hydrogen-bond acceptors (Lipinski definition) is 4. The van der Waals surface area contributed by atoms with Crippen molar-refractivity contribution in [1.29, 1.82) is 0 Å². The number of carbonyl (C=O) groups is 1. The number of hydrogen-bond donors (Lipinski definition) is 0. The molecule has 0 aromatic heterocycles. The second kappa shape index (κ2) is 9.58. The van der Waals surface area contributed by atoms with Crippen LogP contribution >= 0.6 is 0 Å². The summed E-state index contributed by atoms with van der Waals surface area (Å²) in [5.74, 6) is 0.0303. The van der Waals surface area contributed by atoms with Crippen molar-refractivity contribution in [3.05, 3.63) is 65.5 Å². The maximum Gasteiger partial charge on any atom is 0.236 e. The molecule has 2 heterocycles. The van der Waals surface area contributed by atoms with Crippen LogP contribution in [0.15, 0.2) is 48.5 Å². The Labute approximate surface area is 178 Å². The topological polar surface area (TPSA) is 30.0 Å². The molecule has 0 unspecified atom stereocenters. The number of halogens is 1. The smallest absolute Gasteiger partial charge is 0.236 e. The molecule has 0 spiro atoms. The van der Waals surface area contributed by atoms with E-state index in [0.717, 1.165) is 64.6 Å². The number of amides is 1. The van der Waals surface area contributed by atoms with Gasteiger partial charge in [0.15, 0.2) is 0 Å². The summed E-state index contributed by atoms with van der Waals surface area (Å²) < 4.78 is 13.1. The molecule has 5 nitrogen and oxygen atoms in total. The van der Waals surface area contributed by atoms with Crippen molar-refractivity contribution >= 4 is 11.6 Å². The highest BCUT2D eigenvalue weighted by Gasteiger charge is 2.25. The molecule has 2 aliphatic heterocycles. The predicted molar refractivity (Wildman–Crippen MR) is 118 cm³/mol. The van der Waals surface area contributed by atoms with E-state index in [1.54, 1.807) is 0 Å². The molecular weight excluding hydrogens is 379 g/mol. The first-order valence-corrected chi connectivity index (χ1v) is 10.9. The van der Waals surface area contributed by atoms with Crippen LogP contribution in [0.1, 0.15) is 11.1 Å². The fourth-order valence-electron chi connectivity index (χ4n) is 4.29. The van der Waals surface area contributed by atoms with E-state index in [4.69, 9.17) is 0 Å². The summed E-state index contributed by atoms with van der Waals surface area (Å²) in [6, 6.07) is 15.2.